The van der Waals surface area contributed by atoms with Crippen LogP contribution >= 0.6 is 0 Å². The van der Waals surface area contributed by atoms with Gasteiger partial charge in [-0.3, -0.25) is 9.59 Å². The molecule has 2 heterocycles. The average Bonchev–Trinajstić information content (AvgIpc) is 2.87. The zero-order valence-corrected chi connectivity index (χ0v) is 10.2. The number of aliphatic carboxylic acids is 1. The van der Waals surface area contributed by atoms with Gasteiger partial charge in [0.05, 0.1) is 0 Å². The van der Waals surface area contributed by atoms with Gasteiger partial charge in [0.25, 0.3) is 5.91 Å². The molecule has 2 amide bonds. The third-order valence-corrected chi connectivity index (χ3v) is 3.40. The van der Waals surface area contributed by atoms with Crippen molar-refractivity contribution in [2.45, 2.75) is 25.4 Å². The van der Waals surface area contributed by atoms with E-state index in [1.165, 1.54) is 0 Å². The van der Waals surface area contributed by atoms with Crippen LogP contribution in [0.2, 0.25) is 0 Å². The Morgan fingerprint density at radius 3 is 2.42 bits per heavy atom. The van der Waals surface area contributed by atoms with E-state index in [4.69, 9.17) is 15.7 Å². The van der Waals surface area contributed by atoms with Crippen LogP contribution in [0.1, 0.15) is 19.3 Å². The molecular weight excluding hydrogens is 254 g/mol. The Balaban J connectivity index is 1.86. The third-order valence-electron chi connectivity index (χ3n) is 3.40. The molecule has 1 saturated heterocycles. The van der Waals surface area contributed by atoms with Crippen molar-refractivity contribution >= 4 is 23.5 Å². The average molecular weight is 269 g/mol. The lowest BCUT2D eigenvalue weighted by atomic mass is 9.96. The van der Waals surface area contributed by atoms with E-state index in [1.807, 2.05) is 0 Å². The summed E-state index contributed by atoms with van der Waals surface area (Å²) in [6.45, 7) is 0.851. The lowest BCUT2D eigenvalue weighted by Gasteiger charge is -2.31. The van der Waals surface area contributed by atoms with Gasteiger partial charge in [-0.1, -0.05) is 5.16 Å². The molecule has 8 nitrogen and oxygen atoms in total. The van der Waals surface area contributed by atoms with Crippen molar-refractivity contribution in [3.63, 3.8) is 0 Å². The molecule has 0 bridgehead atoms. The minimum atomic E-state index is -1.18. The summed E-state index contributed by atoms with van der Waals surface area (Å²) in [4.78, 5) is 40.2. The fraction of sp³-hybridized carbons (Fsp3) is 0.636. The Labute approximate surface area is 109 Å². The summed E-state index contributed by atoms with van der Waals surface area (Å²) in [5.74, 6) is -2.01. The number of hydrogen-bond acceptors (Lipinski definition) is 5. The third kappa shape index (κ3) is 2.83. The maximum atomic E-state index is 12.1. The molecule has 2 aliphatic rings. The van der Waals surface area contributed by atoms with Crippen LogP contribution in [0.5, 0.6) is 0 Å². The Morgan fingerprint density at radius 1 is 1.32 bits per heavy atom. The van der Waals surface area contributed by atoms with Gasteiger partial charge in [0.1, 0.15) is 0 Å². The lowest BCUT2D eigenvalue weighted by Crippen LogP contribution is -2.46. The molecule has 3 N–H and O–H groups in total. The van der Waals surface area contributed by atoms with Gasteiger partial charge in [-0.05, 0) is 12.8 Å². The molecule has 104 valence electrons. The second-order valence-corrected chi connectivity index (χ2v) is 4.64. The molecule has 8 heteroatoms. The largest absolute Gasteiger partial charge is 0.477 e. The molecule has 1 unspecified atom stereocenters. The number of rotatable bonds is 3. The molecule has 0 aromatic carbocycles. The Bertz CT molecular complexity index is 440. The molecule has 0 aliphatic carbocycles. The molecule has 1 atom stereocenters. The zero-order valence-electron chi connectivity index (χ0n) is 10.2. The smallest absolute Gasteiger partial charge is 0.353 e. The number of carboxylic acids is 1. The molecule has 2 rings (SSSR count). The molecule has 0 aromatic heterocycles. The minimum absolute atomic E-state index is 0.0239. The summed E-state index contributed by atoms with van der Waals surface area (Å²) in [5, 5.41) is 12.1. The monoisotopic (exact) mass is 269 g/mol. The van der Waals surface area contributed by atoms with Crippen LogP contribution in [0, 0.1) is 5.92 Å². The molecule has 0 saturated carbocycles. The summed E-state index contributed by atoms with van der Waals surface area (Å²) in [5.41, 5.74) is 5.06. The number of oxime groups is 1. The van der Waals surface area contributed by atoms with Gasteiger partial charge in [-0.25, -0.2) is 4.79 Å². The number of nitrogens with zero attached hydrogens (tertiary/aromatic N) is 2. The molecule has 1 fully saturated rings. The van der Waals surface area contributed by atoms with Crippen LogP contribution in [0.25, 0.3) is 0 Å². The van der Waals surface area contributed by atoms with Crippen LogP contribution in [0.4, 0.5) is 0 Å². The number of hydrogen-bond donors (Lipinski definition) is 2. The maximum Gasteiger partial charge on any atom is 0.353 e. The molecule has 2 aliphatic heterocycles. The summed E-state index contributed by atoms with van der Waals surface area (Å²) in [6.07, 6.45) is 0.168. The molecule has 0 aromatic rings. The number of nitrogens with two attached hydrogens (primary N) is 1. The first-order chi connectivity index (χ1) is 8.99. The number of piperidine rings is 1. The second-order valence-electron chi connectivity index (χ2n) is 4.64. The summed E-state index contributed by atoms with van der Waals surface area (Å²) >= 11 is 0. The van der Waals surface area contributed by atoms with Crippen LogP contribution in [-0.4, -0.2) is 52.7 Å². The second kappa shape index (κ2) is 5.25. The summed E-state index contributed by atoms with van der Waals surface area (Å²) in [7, 11) is 0. The van der Waals surface area contributed by atoms with Crippen LogP contribution in [0.15, 0.2) is 5.16 Å². The van der Waals surface area contributed by atoms with Gasteiger partial charge in [0.2, 0.25) is 12.0 Å². The van der Waals surface area contributed by atoms with E-state index in [2.05, 4.69) is 5.16 Å². The highest BCUT2D eigenvalue weighted by atomic mass is 16.6. The highest BCUT2D eigenvalue weighted by Gasteiger charge is 2.36. The zero-order chi connectivity index (χ0) is 14.0. The molecule has 0 spiro atoms. The van der Waals surface area contributed by atoms with Crippen LogP contribution < -0.4 is 5.73 Å². The number of likely N-dealkylation sites (tertiary alicyclic amines) is 1. The van der Waals surface area contributed by atoms with E-state index in [0.29, 0.717) is 25.9 Å². The van der Waals surface area contributed by atoms with Crippen molar-refractivity contribution < 1.29 is 24.3 Å². The van der Waals surface area contributed by atoms with Crippen molar-refractivity contribution in [1.29, 1.82) is 0 Å². The van der Waals surface area contributed by atoms with Crippen molar-refractivity contribution in [3.05, 3.63) is 0 Å². The quantitative estimate of drug-likeness (QED) is 0.676. The topological polar surface area (TPSA) is 122 Å². The van der Waals surface area contributed by atoms with Crippen LogP contribution in [-0.2, 0) is 19.2 Å². The van der Waals surface area contributed by atoms with Crippen molar-refractivity contribution in [1.82, 2.24) is 4.90 Å². The van der Waals surface area contributed by atoms with Gasteiger partial charge in [0, 0.05) is 25.4 Å². The van der Waals surface area contributed by atoms with E-state index in [1.54, 1.807) is 4.90 Å². The molecular formula is C11H15N3O5. The predicted octanol–water partition coefficient (Wildman–Crippen LogP) is -1.06. The van der Waals surface area contributed by atoms with E-state index < -0.39 is 12.1 Å². The van der Waals surface area contributed by atoms with E-state index in [0.717, 1.165) is 0 Å². The fourth-order valence-electron chi connectivity index (χ4n) is 2.22. The Hall–Kier alpha value is -2.12. The van der Waals surface area contributed by atoms with Gasteiger partial charge < -0.3 is 20.6 Å². The molecule has 0 radical (unpaired) electrons. The highest BCUT2D eigenvalue weighted by molar-refractivity contribution is 6.36. The number of carbonyl (C=O) groups excluding carboxylic acids is 2. The normalized spacial score (nSPS) is 23.7. The van der Waals surface area contributed by atoms with Crippen molar-refractivity contribution in [3.8, 4) is 0 Å². The van der Waals surface area contributed by atoms with E-state index >= 15 is 0 Å². The predicted molar refractivity (Wildman–Crippen MR) is 63.1 cm³/mol. The summed E-state index contributed by atoms with van der Waals surface area (Å²) < 4.78 is 0. The van der Waals surface area contributed by atoms with Crippen molar-refractivity contribution in [2.24, 2.45) is 16.8 Å². The van der Waals surface area contributed by atoms with E-state index in [9.17, 15) is 14.4 Å². The van der Waals surface area contributed by atoms with Crippen LogP contribution in [0.3, 0.4) is 0 Å². The van der Waals surface area contributed by atoms with Gasteiger partial charge in [-0.2, -0.15) is 0 Å². The first kappa shape index (κ1) is 13.3. The molecule has 19 heavy (non-hydrogen) atoms. The van der Waals surface area contributed by atoms with E-state index in [-0.39, 0.29) is 29.9 Å². The number of primary amides is 1. The highest BCUT2D eigenvalue weighted by Crippen LogP contribution is 2.20. The summed E-state index contributed by atoms with van der Waals surface area (Å²) in [6, 6.07) is 0. The fourth-order valence-corrected chi connectivity index (χ4v) is 2.22. The van der Waals surface area contributed by atoms with Crippen molar-refractivity contribution in [2.75, 3.05) is 13.1 Å². The minimum Gasteiger partial charge on any atom is -0.477 e. The standard InChI is InChI=1S/C11H15N3O5/c12-9(15)6-1-3-14(4-2-6)10(16)8-5-7(11(17)18)13-19-8/h6,8H,1-5H2,(H2,12,15)(H,17,18). The first-order valence-electron chi connectivity index (χ1n) is 6.03. The van der Waals surface area contributed by atoms with Gasteiger partial charge in [-0.15, -0.1) is 0 Å². The lowest BCUT2D eigenvalue weighted by molar-refractivity contribution is -0.144. The number of carboxylic acid groups (broad SMARTS) is 1. The SMILES string of the molecule is NC(=O)C1CCN(C(=O)C2CC(C(=O)O)=NO2)CC1. The number of amides is 2. The Morgan fingerprint density at radius 2 is 1.95 bits per heavy atom. The van der Waals surface area contributed by atoms with Gasteiger partial charge >= 0.3 is 5.97 Å². The van der Waals surface area contributed by atoms with Gasteiger partial charge in [0.15, 0.2) is 5.71 Å². The first-order valence-corrected chi connectivity index (χ1v) is 6.03. The number of carbonyl (C=O) groups is 3. The Kier molecular flexibility index (Phi) is 3.68. The maximum absolute atomic E-state index is 12.1.